The molecular formula is C28H34N4O10S2. The van der Waals surface area contributed by atoms with Crippen molar-refractivity contribution < 1.29 is 45.0 Å². The van der Waals surface area contributed by atoms with Gasteiger partial charge in [-0.3, -0.25) is 23.6 Å². The number of hydrogen-bond acceptors (Lipinski definition) is 10. The maximum Gasteiger partial charge on any atom is 0.295 e. The first-order chi connectivity index (χ1) is 20.6. The molecule has 14 nitrogen and oxygen atoms in total. The molecule has 2 aromatic rings. The van der Waals surface area contributed by atoms with Gasteiger partial charge in [-0.1, -0.05) is 13.2 Å². The number of anilines is 2. The van der Waals surface area contributed by atoms with Crippen LogP contribution in [-0.2, 0) is 39.3 Å². The summed E-state index contributed by atoms with van der Waals surface area (Å²) in [5, 5.41) is 5.03. The number of likely N-dealkylation sites (N-methyl/N-ethyl adjacent to an activating group) is 2. The molecule has 2 atom stereocenters. The van der Waals surface area contributed by atoms with Gasteiger partial charge in [0.2, 0.25) is 11.8 Å². The van der Waals surface area contributed by atoms with Crippen LogP contribution in [0.5, 0.6) is 0 Å². The SMILES string of the molecule is C=CC(=O)Nc1cc(C2COCCN2C)c(-c2cc(C3CN(C)CCO3)c(NC(=O)C=C)cc2S(=O)(=O)O)c(S(=O)(=O)O)c1. The third kappa shape index (κ3) is 7.41. The fraction of sp³-hybridized carbons (Fsp3) is 0.357. The highest BCUT2D eigenvalue weighted by atomic mass is 32.2. The van der Waals surface area contributed by atoms with E-state index in [9.17, 15) is 35.5 Å². The predicted molar refractivity (Wildman–Crippen MR) is 162 cm³/mol. The summed E-state index contributed by atoms with van der Waals surface area (Å²) in [6.07, 6.45) is 1.23. The summed E-state index contributed by atoms with van der Waals surface area (Å²) in [7, 11) is -6.61. The molecule has 4 N–H and O–H groups in total. The lowest BCUT2D eigenvalue weighted by Gasteiger charge is -2.35. The van der Waals surface area contributed by atoms with Crippen LogP contribution in [0.1, 0.15) is 23.3 Å². The smallest absolute Gasteiger partial charge is 0.295 e. The molecule has 0 radical (unpaired) electrons. The Labute approximate surface area is 255 Å². The van der Waals surface area contributed by atoms with E-state index in [4.69, 9.17) is 9.47 Å². The van der Waals surface area contributed by atoms with Gasteiger partial charge in [-0.2, -0.15) is 16.8 Å². The molecule has 0 spiro atoms. The first-order valence-corrected chi connectivity index (χ1v) is 16.3. The standard InChI is InChI=1S/C28H34N4O10S2/c1-5-26(33)29-17-11-19(22-16-41-9-8-32(22)4)28(25(12-17)44(38,39)40)20-13-18(23-15-31(3)7-10-42-23)21(30-27(34)6-2)14-24(20)43(35,36)37/h5-6,11-14,22-23H,1-2,7-10,15-16H2,3-4H3,(H,29,33)(H,30,34)(H,35,36,37)(H,38,39,40). The summed E-state index contributed by atoms with van der Waals surface area (Å²) in [4.78, 5) is 26.8. The quantitative estimate of drug-likeness (QED) is 0.229. The van der Waals surface area contributed by atoms with Crippen molar-refractivity contribution in [2.24, 2.45) is 0 Å². The van der Waals surface area contributed by atoms with Crippen molar-refractivity contribution in [1.82, 2.24) is 9.80 Å². The first kappa shape index (κ1) is 33.4. The second-order valence-corrected chi connectivity index (χ2v) is 13.2. The molecular weight excluding hydrogens is 616 g/mol. The van der Waals surface area contributed by atoms with Crippen LogP contribution in [0.3, 0.4) is 0 Å². The molecule has 0 aromatic heterocycles. The van der Waals surface area contributed by atoms with Crippen molar-refractivity contribution in [3.8, 4) is 11.1 Å². The Morgan fingerprint density at radius 1 is 0.909 bits per heavy atom. The van der Waals surface area contributed by atoms with Crippen LogP contribution < -0.4 is 10.6 Å². The Kier molecular flexibility index (Phi) is 10.1. The van der Waals surface area contributed by atoms with Gasteiger partial charge in [-0.15, -0.1) is 0 Å². The summed E-state index contributed by atoms with van der Waals surface area (Å²) >= 11 is 0. The van der Waals surface area contributed by atoms with Crippen LogP contribution >= 0.6 is 0 Å². The van der Waals surface area contributed by atoms with Gasteiger partial charge < -0.3 is 25.0 Å². The van der Waals surface area contributed by atoms with E-state index in [2.05, 4.69) is 23.8 Å². The lowest BCUT2D eigenvalue weighted by molar-refractivity contribution is -0.112. The monoisotopic (exact) mass is 650 g/mol. The summed E-state index contributed by atoms with van der Waals surface area (Å²) in [6, 6.07) is 4.04. The number of ether oxygens (including phenoxy) is 2. The number of morpholine rings is 2. The van der Waals surface area contributed by atoms with Gasteiger partial charge >= 0.3 is 0 Å². The van der Waals surface area contributed by atoms with E-state index in [1.165, 1.54) is 12.1 Å². The minimum Gasteiger partial charge on any atom is -0.378 e. The largest absolute Gasteiger partial charge is 0.378 e. The highest BCUT2D eigenvalue weighted by Crippen LogP contribution is 2.45. The number of amides is 2. The molecule has 238 valence electrons. The van der Waals surface area contributed by atoms with Crippen LogP contribution in [0.15, 0.2) is 59.4 Å². The van der Waals surface area contributed by atoms with E-state index in [1.807, 2.05) is 16.8 Å². The summed E-state index contributed by atoms with van der Waals surface area (Å²) in [5.41, 5.74) is -0.151. The number of hydrogen-bond donors (Lipinski definition) is 4. The van der Waals surface area contributed by atoms with E-state index in [0.717, 1.165) is 24.3 Å². The molecule has 44 heavy (non-hydrogen) atoms. The molecule has 2 unspecified atom stereocenters. The zero-order chi connectivity index (χ0) is 32.4. The van der Waals surface area contributed by atoms with Crippen LogP contribution in [-0.4, -0.2) is 101 Å². The van der Waals surface area contributed by atoms with Gasteiger partial charge in [-0.25, -0.2) is 0 Å². The first-order valence-electron chi connectivity index (χ1n) is 13.4. The van der Waals surface area contributed by atoms with E-state index in [0.29, 0.717) is 32.8 Å². The highest BCUT2D eigenvalue weighted by Gasteiger charge is 2.34. The zero-order valence-corrected chi connectivity index (χ0v) is 25.8. The van der Waals surface area contributed by atoms with Crippen LogP contribution in [0.25, 0.3) is 11.1 Å². The average molecular weight is 651 g/mol. The number of carbonyl (C=O) groups is 2. The molecule has 4 rings (SSSR count). The van der Waals surface area contributed by atoms with Gasteiger partial charge in [0, 0.05) is 47.7 Å². The minimum absolute atomic E-state index is 0.0190. The second-order valence-electron chi connectivity index (χ2n) is 10.4. The number of nitrogens with one attached hydrogen (secondary N) is 2. The van der Waals surface area contributed by atoms with Crippen LogP contribution in [0, 0.1) is 0 Å². The molecule has 2 aromatic carbocycles. The third-order valence-corrected chi connectivity index (χ3v) is 9.15. The molecule has 2 aliphatic rings. The molecule has 0 aliphatic carbocycles. The number of nitrogens with zero attached hydrogens (tertiary/aromatic N) is 2. The van der Waals surface area contributed by atoms with Crippen LogP contribution in [0.4, 0.5) is 11.4 Å². The molecule has 16 heteroatoms. The van der Waals surface area contributed by atoms with E-state index < -0.39 is 54.0 Å². The van der Waals surface area contributed by atoms with E-state index in [-0.39, 0.29) is 40.2 Å². The summed E-state index contributed by atoms with van der Waals surface area (Å²) < 4.78 is 84.3. The average Bonchev–Trinajstić information content (AvgIpc) is 2.95. The molecule has 2 saturated heterocycles. The number of carbonyl (C=O) groups excluding carboxylic acids is 2. The Morgan fingerprint density at radius 3 is 2.16 bits per heavy atom. The Morgan fingerprint density at radius 2 is 1.57 bits per heavy atom. The molecule has 2 amide bonds. The van der Waals surface area contributed by atoms with Crippen molar-refractivity contribution in [3.05, 3.63) is 60.7 Å². The number of benzene rings is 2. The normalized spacial score (nSPS) is 20.1. The van der Waals surface area contributed by atoms with Crippen molar-refractivity contribution >= 4 is 43.4 Å². The lowest BCUT2D eigenvalue weighted by Crippen LogP contribution is -2.37. The van der Waals surface area contributed by atoms with Gasteiger partial charge in [0.05, 0.1) is 32.0 Å². The fourth-order valence-electron chi connectivity index (χ4n) is 5.20. The Hall–Kier alpha value is -3.48. The topological polar surface area (TPSA) is 192 Å². The maximum atomic E-state index is 13.0. The van der Waals surface area contributed by atoms with Crippen molar-refractivity contribution in [1.29, 1.82) is 0 Å². The van der Waals surface area contributed by atoms with Crippen molar-refractivity contribution in [2.45, 2.75) is 21.9 Å². The van der Waals surface area contributed by atoms with Gasteiger partial charge in [0.15, 0.2) is 0 Å². The third-order valence-electron chi connectivity index (χ3n) is 7.38. The predicted octanol–water partition coefficient (Wildman–Crippen LogP) is 2.10. The van der Waals surface area contributed by atoms with Crippen molar-refractivity contribution in [2.75, 3.05) is 64.2 Å². The van der Waals surface area contributed by atoms with E-state index >= 15 is 0 Å². The van der Waals surface area contributed by atoms with Gasteiger partial charge in [-0.05, 0) is 56.1 Å². The molecule has 2 heterocycles. The Balaban J connectivity index is 2.15. The summed E-state index contributed by atoms with van der Waals surface area (Å²) in [5.74, 6) is -1.34. The Bertz CT molecular complexity index is 1710. The van der Waals surface area contributed by atoms with Crippen LogP contribution in [0.2, 0.25) is 0 Å². The van der Waals surface area contributed by atoms with E-state index in [1.54, 1.807) is 7.05 Å². The second kappa shape index (κ2) is 13.3. The molecule has 2 fully saturated rings. The maximum absolute atomic E-state index is 13.0. The molecule has 2 aliphatic heterocycles. The molecule has 0 bridgehead atoms. The molecule has 0 saturated carbocycles. The highest BCUT2D eigenvalue weighted by molar-refractivity contribution is 7.86. The fourth-order valence-corrected chi connectivity index (χ4v) is 6.67. The minimum atomic E-state index is -5.10. The number of rotatable bonds is 9. The van der Waals surface area contributed by atoms with Gasteiger partial charge in [0.25, 0.3) is 20.2 Å². The lowest BCUT2D eigenvalue weighted by atomic mass is 9.90. The van der Waals surface area contributed by atoms with Crippen molar-refractivity contribution in [3.63, 3.8) is 0 Å². The zero-order valence-electron chi connectivity index (χ0n) is 24.1. The van der Waals surface area contributed by atoms with Gasteiger partial charge in [0.1, 0.15) is 9.79 Å². The summed E-state index contributed by atoms with van der Waals surface area (Å²) in [6.45, 7) is 8.88.